The summed E-state index contributed by atoms with van der Waals surface area (Å²) in [4.78, 5) is 10.6. The highest BCUT2D eigenvalue weighted by molar-refractivity contribution is 5.87. The monoisotopic (exact) mass is 338 g/mol. The average molecular weight is 338 g/mol. The van der Waals surface area contributed by atoms with Crippen molar-refractivity contribution in [3.05, 3.63) is 83.9 Å². The molecule has 0 bridgehead atoms. The molecule has 25 heavy (non-hydrogen) atoms. The third-order valence-corrected chi connectivity index (χ3v) is 3.65. The van der Waals surface area contributed by atoms with Crippen molar-refractivity contribution in [1.82, 2.24) is 0 Å². The van der Waals surface area contributed by atoms with Crippen LogP contribution in [0, 0.1) is 0 Å². The fourth-order valence-corrected chi connectivity index (χ4v) is 2.44. The largest absolute Gasteiger partial charge is 0.481 e. The molecule has 2 unspecified atom stereocenters. The zero-order chi connectivity index (χ0) is 18.1. The van der Waals surface area contributed by atoms with Gasteiger partial charge >= 0.3 is 5.97 Å². The fourth-order valence-electron chi connectivity index (χ4n) is 2.44. The molecule has 2 atom stereocenters. The number of aliphatic hydroxyl groups is 2. The summed E-state index contributed by atoms with van der Waals surface area (Å²) >= 11 is 0. The predicted octanol–water partition coefficient (Wildman–Crippen LogP) is 3.37. The first-order valence-electron chi connectivity index (χ1n) is 8.13. The first-order valence-corrected chi connectivity index (χ1v) is 8.13. The standard InChI is InChI=1S/C21H22O4/c22-19(14-20(23)15-21(24)25)12-11-18(17-9-5-2-6-10-17)13-16-7-3-1-4-8-16/h1-13,19-20,22-23H,14-15H2,(H,24,25)/b12-11+,18-13-. The Labute approximate surface area is 147 Å². The highest BCUT2D eigenvalue weighted by atomic mass is 16.4. The normalized spacial score (nSPS) is 14.4. The Hall–Kier alpha value is -2.69. The number of hydrogen-bond acceptors (Lipinski definition) is 3. The molecule has 3 N–H and O–H groups in total. The molecule has 2 aromatic carbocycles. The van der Waals surface area contributed by atoms with Crippen LogP contribution < -0.4 is 0 Å². The molecular formula is C21H22O4. The van der Waals surface area contributed by atoms with Crippen LogP contribution in [0.3, 0.4) is 0 Å². The fraction of sp³-hybridized carbons (Fsp3) is 0.190. The van der Waals surface area contributed by atoms with Gasteiger partial charge in [-0.1, -0.05) is 72.8 Å². The lowest BCUT2D eigenvalue weighted by atomic mass is 10.0. The van der Waals surface area contributed by atoms with Gasteiger partial charge in [-0.2, -0.15) is 0 Å². The van der Waals surface area contributed by atoms with Gasteiger partial charge in [0, 0.05) is 6.42 Å². The second kappa shape index (κ2) is 9.57. The van der Waals surface area contributed by atoms with E-state index in [1.807, 2.05) is 66.7 Å². The Kier molecular flexibility index (Phi) is 7.14. The van der Waals surface area contributed by atoms with Gasteiger partial charge in [-0.15, -0.1) is 0 Å². The zero-order valence-electron chi connectivity index (χ0n) is 13.8. The number of rotatable bonds is 8. The average Bonchev–Trinajstić information content (AvgIpc) is 2.59. The van der Waals surface area contributed by atoms with Gasteiger partial charge in [-0.3, -0.25) is 4.79 Å². The molecule has 0 aromatic heterocycles. The summed E-state index contributed by atoms with van der Waals surface area (Å²) in [6, 6.07) is 19.6. The smallest absolute Gasteiger partial charge is 0.305 e. The van der Waals surface area contributed by atoms with Crippen LogP contribution in [0.2, 0.25) is 0 Å². The summed E-state index contributed by atoms with van der Waals surface area (Å²) in [6.07, 6.45) is 2.99. The van der Waals surface area contributed by atoms with Gasteiger partial charge in [-0.25, -0.2) is 0 Å². The Morgan fingerprint density at radius 1 is 0.960 bits per heavy atom. The summed E-state index contributed by atoms with van der Waals surface area (Å²) < 4.78 is 0. The van der Waals surface area contributed by atoms with E-state index >= 15 is 0 Å². The molecule has 0 saturated heterocycles. The van der Waals surface area contributed by atoms with Crippen LogP contribution in [0.5, 0.6) is 0 Å². The van der Waals surface area contributed by atoms with Crippen LogP contribution in [0.15, 0.2) is 72.8 Å². The van der Waals surface area contributed by atoms with Crippen LogP contribution in [-0.4, -0.2) is 33.5 Å². The molecule has 0 aliphatic heterocycles. The Bertz CT molecular complexity index is 720. The number of hydrogen-bond donors (Lipinski definition) is 3. The molecule has 2 rings (SSSR count). The zero-order valence-corrected chi connectivity index (χ0v) is 13.8. The molecule has 0 radical (unpaired) electrons. The van der Waals surface area contributed by atoms with E-state index in [1.165, 1.54) is 0 Å². The summed E-state index contributed by atoms with van der Waals surface area (Å²) in [7, 11) is 0. The third kappa shape index (κ3) is 6.75. The maximum atomic E-state index is 10.6. The minimum atomic E-state index is -1.09. The van der Waals surface area contributed by atoms with Gasteiger partial charge < -0.3 is 15.3 Å². The van der Waals surface area contributed by atoms with Crippen molar-refractivity contribution in [3.63, 3.8) is 0 Å². The second-order valence-electron chi connectivity index (χ2n) is 5.79. The van der Waals surface area contributed by atoms with Gasteiger partial charge in [0.2, 0.25) is 0 Å². The minimum Gasteiger partial charge on any atom is -0.481 e. The Morgan fingerprint density at radius 3 is 2.16 bits per heavy atom. The van der Waals surface area contributed by atoms with E-state index in [2.05, 4.69) is 0 Å². The van der Waals surface area contributed by atoms with Crippen LogP contribution in [0.4, 0.5) is 0 Å². The molecule has 0 spiro atoms. The minimum absolute atomic E-state index is 0.0177. The van der Waals surface area contributed by atoms with Crippen molar-refractivity contribution in [2.45, 2.75) is 25.0 Å². The molecule has 0 heterocycles. The van der Waals surface area contributed by atoms with Gasteiger partial charge in [0.15, 0.2) is 0 Å². The first kappa shape index (κ1) is 18.6. The summed E-state index contributed by atoms with van der Waals surface area (Å²) in [5, 5.41) is 28.3. The summed E-state index contributed by atoms with van der Waals surface area (Å²) in [5.74, 6) is -1.09. The van der Waals surface area contributed by atoms with Crippen molar-refractivity contribution in [3.8, 4) is 0 Å². The number of benzene rings is 2. The van der Waals surface area contributed by atoms with Gasteiger partial charge in [0.05, 0.1) is 18.6 Å². The van der Waals surface area contributed by atoms with Crippen LogP contribution in [0.1, 0.15) is 24.0 Å². The van der Waals surface area contributed by atoms with Crippen LogP contribution >= 0.6 is 0 Å². The molecule has 2 aromatic rings. The van der Waals surface area contributed by atoms with E-state index in [9.17, 15) is 15.0 Å². The van der Waals surface area contributed by atoms with Crippen molar-refractivity contribution >= 4 is 17.6 Å². The van der Waals surface area contributed by atoms with Crippen molar-refractivity contribution in [2.75, 3.05) is 0 Å². The lowest BCUT2D eigenvalue weighted by Gasteiger charge is -2.11. The maximum absolute atomic E-state index is 10.6. The van der Waals surface area contributed by atoms with E-state index in [-0.39, 0.29) is 12.8 Å². The quantitative estimate of drug-likeness (QED) is 0.509. The molecular weight excluding hydrogens is 316 g/mol. The molecule has 0 amide bonds. The van der Waals surface area contributed by atoms with E-state index in [4.69, 9.17) is 5.11 Å². The third-order valence-electron chi connectivity index (χ3n) is 3.65. The highest BCUT2D eigenvalue weighted by Gasteiger charge is 2.13. The molecule has 0 aliphatic carbocycles. The molecule has 4 heteroatoms. The Morgan fingerprint density at radius 2 is 1.56 bits per heavy atom. The first-order chi connectivity index (χ1) is 12.0. The van der Waals surface area contributed by atoms with E-state index in [0.29, 0.717) is 0 Å². The molecule has 0 saturated carbocycles. The molecule has 130 valence electrons. The van der Waals surface area contributed by atoms with Crippen molar-refractivity contribution in [1.29, 1.82) is 0 Å². The number of carboxylic acids is 1. The number of aliphatic hydroxyl groups excluding tert-OH is 2. The van der Waals surface area contributed by atoms with Crippen LogP contribution in [-0.2, 0) is 4.79 Å². The topological polar surface area (TPSA) is 77.8 Å². The van der Waals surface area contributed by atoms with Gasteiger partial charge in [0.1, 0.15) is 0 Å². The van der Waals surface area contributed by atoms with E-state index < -0.39 is 18.2 Å². The van der Waals surface area contributed by atoms with Crippen molar-refractivity contribution in [2.24, 2.45) is 0 Å². The summed E-state index contributed by atoms with van der Waals surface area (Å²) in [5.41, 5.74) is 2.95. The summed E-state index contributed by atoms with van der Waals surface area (Å²) in [6.45, 7) is 0. The SMILES string of the molecule is O=C(O)CC(O)CC(O)/C=C/C(=C/c1ccccc1)c1ccccc1. The lowest BCUT2D eigenvalue weighted by molar-refractivity contribution is -0.139. The van der Waals surface area contributed by atoms with Crippen molar-refractivity contribution < 1.29 is 20.1 Å². The highest BCUT2D eigenvalue weighted by Crippen LogP contribution is 2.20. The van der Waals surface area contributed by atoms with E-state index in [0.717, 1.165) is 16.7 Å². The Balaban J connectivity index is 2.16. The van der Waals surface area contributed by atoms with Gasteiger partial charge in [0.25, 0.3) is 0 Å². The van der Waals surface area contributed by atoms with Gasteiger partial charge in [-0.05, 0) is 22.8 Å². The number of carbonyl (C=O) groups is 1. The molecule has 4 nitrogen and oxygen atoms in total. The number of aliphatic carboxylic acids is 1. The predicted molar refractivity (Wildman–Crippen MR) is 98.8 cm³/mol. The second-order valence-corrected chi connectivity index (χ2v) is 5.79. The number of allylic oxidation sites excluding steroid dienone is 2. The number of carboxylic acid groups (broad SMARTS) is 1. The van der Waals surface area contributed by atoms with E-state index in [1.54, 1.807) is 12.2 Å². The maximum Gasteiger partial charge on any atom is 0.305 e. The molecule has 0 aliphatic rings. The molecule has 0 fully saturated rings. The lowest BCUT2D eigenvalue weighted by Crippen LogP contribution is -2.19. The van der Waals surface area contributed by atoms with Crippen LogP contribution in [0.25, 0.3) is 11.6 Å².